The van der Waals surface area contributed by atoms with Crippen molar-refractivity contribution in [2.45, 2.75) is 19.0 Å². The van der Waals surface area contributed by atoms with Gasteiger partial charge in [0, 0.05) is 6.54 Å². The first-order valence-corrected chi connectivity index (χ1v) is 10.6. The number of hydrogen-bond acceptors (Lipinski definition) is 6. The summed E-state index contributed by atoms with van der Waals surface area (Å²) in [6.45, 7) is 4.53. The minimum absolute atomic E-state index is 0.0193. The summed E-state index contributed by atoms with van der Waals surface area (Å²) in [4.78, 5) is 24.9. The minimum atomic E-state index is -0.469. The van der Waals surface area contributed by atoms with Gasteiger partial charge in [-0.2, -0.15) is 0 Å². The highest BCUT2D eigenvalue weighted by molar-refractivity contribution is 7.99. The molecule has 1 aromatic heterocycles. The van der Waals surface area contributed by atoms with Gasteiger partial charge in [-0.1, -0.05) is 49.9 Å². The number of anilines is 1. The summed E-state index contributed by atoms with van der Waals surface area (Å²) < 4.78 is 15.1. The minimum Gasteiger partial charge on any atom is -0.352 e. The molecule has 3 aromatic rings. The van der Waals surface area contributed by atoms with Gasteiger partial charge in [0.1, 0.15) is 5.82 Å². The fourth-order valence-electron chi connectivity index (χ4n) is 2.70. The summed E-state index contributed by atoms with van der Waals surface area (Å²) in [5.74, 6) is 5.37. The molecular weight excluding hydrogens is 419 g/mol. The lowest BCUT2D eigenvalue weighted by molar-refractivity contribution is -0.113. The third-order valence-corrected chi connectivity index (χ3v) is 5.17. The monoisotopic (exact) mass is 442 g/mol. The van der Waals surface area contributed by atoms with Crippen molar-refractivity contribution in [1.82, 2.24) is 20.2 Å². The summed E-state index contributed by atoms with van der Waals surface area (Å²) in [6.07, 6.45) is 0. The molecule has 0 radical (unpaired) electrons. The second-order valence-corrected chi connectivity index (χ2v) is 8.08. The topological polar surface area (TPSA) is 115 Å². The van der Waals surface area contributed by atoms with E-state index in [2.05, 4.69) is 20.8 Å². The molecule has 0 unspecified atom stereocenters. The highest BCUT2D eigenvalue weighted by Crippen LogP contribution is 2.24. The van der Waals surface area contributed by atoms with Crippen molar-refractivity contribution in [1.29, 1.82) is 0 Å². The normalized spacial score (nSPS) is 10.8. The smallest absolute Gasteiger partial charge is 0.253 e. The molecule has 2 amide bonds. The Hall–Kier alpha value is -3.40. The van der Waals surface area contributed by atoms with E-state index in [1.165, 1.54) is 6.07 Å². The Labute approximate surface area is 183 Å². The zero-order valence-electron chi connectivity index (χ0n) is 17.1. The van der Waals surface area contributed by atoms with Gasteiger partial charge in [-0.05, 0) is 30.2 Å². The molecule has 0 fully saturated rings. The molecule has 0 saturated heterocycles. The Balaban J connectivity index is 1.64. The molecule has 0 spiro atoms. The quantitative estimate of drug-likeness (QED) is 0.365. The molecule has 0 bridgehead atoms. The number of amides is 2. The van der Waals surface area contributed by atoms with Crippen LogP contribution in [0.15, 0.2) is 53.7 Å². The molecule has 0 aliphatic rings. The van der Waals surface area contributed by atoms with E-state index < -0.39 is 5.82 Å². The number of benzene rings is 2. The molecule has 0 aliphatic carbocycles. The Morgan fingerprint density at radius 3 is 2.58 bits per heavy atom. The third-order valence-electron chi connectivity index (χ3n) is 4.23. The number of halogens is 1. The molecule has 10 heteroatoms. The Bertz CT molecular complexity index is 1090. The van der Waals surface area contributed by atoms with Gasteiger partial charge in [-0.25, -0.2) is 9.07 Å². The van der Waals surface area contributed by atoms with E-state index in [-0.39, 0.29) is 34.1 Å². The van der Waals surface area contributed by atoms with Gasteiger partial charge in [-0.3, -0.25) is 9.59 Å². The summed E-state index contributed by atoms with van der Waals surface area (Å²) in [5.41, 5.74) is 1.01. The van der Waals surface area contributed by atoms with Gasteiger partial charge >= 0.3 is 0 Å². The Morgan fingerprint density at radius 1 is 1.13 bits per heavy atom. The van der Waals surface area contributed by atoms with Gasteiger partial charge < -0.3 is 16.5 Å². The van der Waals surface area contributed by atoms with Crippen molar-refractivity contribution in [2.24, 2.45) is 5.92 Å². The van der Waals surface area contributed by atoms with E-state index in [1.54, 1.807) is 42.5 Å². The largest absolute Gasteiger partial charge is 0.352 e. The highest BCUT2D eigenvalue weighted by atomic mass is 32.2. The number of nitrogens with one attached hydrogen (secondary N) is 2. The van der Waals surface area contributed by atoms with Crippen LogP contribution >= 0.6 is 11.8 Å². The lowest BCUT2D eigenvalue weighted by Gasteiger charge is -2.12. The summed E-state index contributed by atoms with van der Waals surface area (Å²) in [7, 11) is 0. The van der Waals surface area contributed by atoms with Gasteiger partial charge in [0.15, 0.2) is 5.82 Å². The first-order chi connectivity index (χ1) is 14.9. The first-order valence-electron chi connectivity index (χ1n) is 9.62. The number of nitrogen functional groups attached to an aromatic ring is 1. The van der Waals surface area contributed by atoms with Gasteiger partial charge in [-0.15, -0.1) is 10.2 Å². The van der Waals surface area contributed by atoms with Crippen LogP contribution in [0.25, 0.3) is 11.4 Å². The summed E-state index contributed by atoms with van der Waals surface area (Å²) in [5, 5.41) is 13.7. The number of carbonyl (C=O) groups excluding carboxylic acids is 2. The molecule has 4 N–H and O–H groups in total. The standard InChI is InChI=1S/C21H23FN6O2S/c1-13(2)11-24-20(30)15-8-4-6-10-17(15)25-18(29)12-31-21-27-26-19(28(21)23)14-7-3-5-9-16(14)22/h3-10,13H,11-12,23H2,1-2H3,(H,24,30)(H,25,29). The van der Waals surface area contributed by atoms with Gasteiger partial charge in [0.2, 0.25) is 11.1 Å². The average Bonchev–Trinajstić information content (AvgIpc) is 3.11. The number of nitrogens with zero attached hydrogens (tertiary/aromatic N) is 3. The van der Waals surface area contributed by atoms with Crippen LogP contribution in [0.1, 0.15) is 24.2 Å². The van der Waals surface area contributed by atoms with Crippen LogP contribution < -0.4 is 16.5 Å². The van der Waals surface area contributed by atoms with Crippen LogP contribution in [0, 0.1) is 11.7 Å². The molecule has 0 aliphatic heterocycles. The highest BCUT2D eigenvalue weighted by Gasteiger charge is 2.17. The number of nitrogens with two attached hydrogens (primary N) is 1. The molecule has 8 nitrogen and oxygen atoms in total. The molecule has 2 aromatic carbocycles. The van der Waals surface area contributed by atoms with Crippen LogP contribution in [-0.4, -0.2) is 39.0 Å². The Kier molecular flexibility index (Phi) is 7.24. The second-order valence-electron chi connectivity index (χ2n) is 7.14. The van der Waals surface area contributed by atoms with Crippen LogP contribution in [0.5, 0.6) is 0 Å². The third kappa shape index (κ3) is 5.60. The number of para-hydroxylation sites is 1. The maximum atomic E-state index is 14.0. The van der Waals surface area contributed by atoms with Crippen molar-refractivity contribution < 1.29 is 14.0 Å². The molecular formula is C21H23FN6O2S. The van der Waals surface area contributed by atoms with Crippen LogP contribution in [-0.2, 0) is 4.79 Å². The Morgan fingerprint density at radius 2 is 1.84 bits per heavy atom. The van der Waals surface area contributed by atoms with Crippen molar-refractivity contribution in [3.8, 4) is 11.4 Å². The van der Waals surface area contributed by atoms with Gasteiger partial charge in [0.05, 0.1) is 22.6 Å². The van der Waals surface area contributed by atoms with E-state index in [0.717, 1.165) is 16.4 Å². The molecule has 3 rings (SSSR count). The summed E-state index contributed by atoms with van der Waals surface area (Å²) >= 11 is 1.05. The van der Waals surface area contributed by atoms with Gasteiger partial charge in [0.25, 0.3) is 5.91 Å². The molecule has 162 valence electrons. The van der Waals surface area contributed by atoms with Crippen LogP contribution in [0.4, 0.5) is 10.1 Å². The predicted octanol–water partition coefficient (Wildman–Crippen LogP) is 2.91. The molecule has 31 heavy (non-hydrogen) atoms. The maximum absolute atomic E-state index is 14.0. The number of aromatic nitrogens is 3. The molecule has 0 atom stereocenters. The van der Waals surface area contributed by atoms with E-state index in [1.807, 2.05) is 13.8 Å². The number of thioether (sulfide) groups is 1. The first kappa shape index (κ1) is 22.3. The fourth-order valence-corrected chi connectivity index (χ4v) is 3.36. The average molecular weight is 443 g/mol. The van der Waals surface area contributed by atoms with Crippen molar-refractivity contribution in [3.63, 3.8) is 0 Å². The predicted molar refractivity (Wildman–Crippen MR) is 119 cm³/mol. The number of hydrogen-bond donors (Lipinski definition) is 3. The van der Waals surface area contributed by atoms with Crippen molar-refractivity contribution >= 4 is 29.3 Å². The van der Waals surface area contributed by atoms with Crippen LogP contribution in [0.3, 0.4) is 0 Å². The zero-order chi connectivity index (χ0) is 22.4. The number of carbonyl (C=O) groups is 2. The van der Waals surface area contributed by atoms with E-state index in [9.17, 15) is 14.0 Å². The van der Waals surface area contributed by atoms with Crippen molar-refractivity contribution in [3.05, 3.63) is 59.9 Å². The maximum Gasteiger partial charge on any atom is 0.253 e. The molecule has 0 saturated carbocycles. The summed E-state index contributed by atoms with van der Waals surface area (Å²) in [6, 6.07) is 12.9. The van der Waals surface area contributed by atoms with Crippen molar-refractivity contribution in [2.75, 3.05) is 23.5 Å². The SMILES string of the molecule is CC(C)CNC(=O)c1ccccc1NC(=O)CSc1nnc(-c2ccccc2F)n1N. The lowest BCUT2D eigenvalue weighted by Crippen LogP contribution is -2.28. The zero-order valence-corrected chi connectivity index (χ0v) is 17.9. The lowest BCUT2D eigenvalue weighted by atomic mass is 10.1. The van der Waals surface area contributed by atoms with E-state index in [4.69, 9.17) is 5.84 Å². The van der Waals surface area contributed by atoms with E-state index >= 15 is 0 Å². The second kappa shape index (κ2) is 10.1. The van der Waals surface area contributed by atoms with Crippen LogP contribution in [0.2, 0.25) is 0 Å². The molecule has 1 heterocycles. The van der Waals surface area contributed by atoms with E-state index in [0.29, 0.717) is 23.7 Å². The fraction of sp³-hybridized carbons (Fsp3) is 0.238. The number of rotatable bonds is 8.